The van der Waals surface area contributed by atoms with E-state index in [9.17, 15) is 4.79 Å². The molecule has 37 heavy (non-hydrogen) atoms. The highest BCUT2D eigenvalue weighted by atomic mass is 32.2. The van der Waals surface area contributed by atoms with Gasteiger partial charge in [0.25, 0.3) is 0 Å². The Morgan fingerprint density at radius 1 is 1.08 bits per heavy atom. The van der Waals surface area contributed by atoms with Crippen molar-refractivity contribution in [3.63, 3.8) is 0 Å². The first-order valence-electron chi connectivity index (χ1n) is 11.3. The van der Waals surface area contributed by atoms with Gasteiger partial charge in [0, 0.05) is 29.2 Å². The normalized spacial score (nSPS) is 11.3. The van der Waals surface area contributed by atoms with E-state index < -0.39 is 0 Å². The number of fused-ring (bicyclic) bond motifs is 3. The van der Waals surface area contributed by atoms with Gasteiger partial charge in [0.2, 0.25) is 5.91 Å². The van der Waals surface area contributed by atoms with Crippen LogP contribution in [0.3, 0.4) is 0 Å². The van der Waals surface area contributed by atoms with E-state index in [-0.39, 0.29) is 11.7 Å². The first kappa shape index (κ1) is 22.8. The lowest BCUT2D eigenvalue weighted by molar-refractivity contribution is -0.113. The van der Waals surface area contributed by atoms with Gasteiger partial charge in [-0.3, -0.25) is 14.3 Å². The van der Waals surface area contributed by atoms with Gasteiger partial charge in [-0.1, -0.05) is 30.0 Å². The van der Waals surface area contributed by atoms with Gasteiger partial charge in [0.1, 0.15) is 28.4 Å². The summed E-state index contributed by atoms with van der Waals surface area (Å²) < 4.78 is 18.9. The number of hydrogen-bond donors (Lipinski definition) is 1. The maximum atomic E-state index is 13.0. The molecule has 11 heteroatoms. The fraction of sp³-hybridized carbons (Fsp3) is 0.115. The van der Waals surface area contributed by atoms with E-state index >= 15 is 0 Å². The third-order valence-corrected chi connectivity index (χ3v) is 6.68. The number of benzene rings is 2. The third-order valence-electron chi connectivity index (χ3n) is 5.71. The zero-order valence-electron chi connectivity index (χ0n) is 19.6. The molecule has 6 rings (SSSR count). The van der Waals surface area contributed by atoms with Gasteiger partial charge in [-0.05, 0) is 24.3 Å². The van der Waals surface area contributed by atoms with Crippen LogP contribution in [0.4, 0.5) is 5.69 Å². The van der Waals surface area contributed by atoms with Crippen molar-refractivity contribution >= 4 is 45.3 Å². The van der Waals surface area contributed by atoms with Crippen molar-refractivity contribution in [1.29, 1.82) is 0 Å². The van der Waals surface area contributed by atoms with Crippen molar-refractivity contribution in [2.75, 3.05) is 18.2 Å². The number of methoxy groups -OCH3 is 1. The molecular weight excluding hydrogens is 492 g/mol. The van der Waals surface area contributed by atoms with Crippen LogP contribution in [0.1, 0.15) is 5.76 Å². The number of rotatable bonds is 8. The minimum absolute atomic E-state index is 0.0953. The molecule has 0 spiro atoms. The van der Waals surface area contributed by atoms with Gasteiger partial charge in [-0.2, -0.15) is 0 Å². The summed E-state index contributed by atoms with van der Waals surface area (Å²) in [5.74, 6) is 1.66. The molecule has 0 atom stereocenters. The number of carbonyl (C=O) groups excluding carboxylic acids is 1. The molecule has 2 aromatic carbocycles. The molecule has 0 radical (unpaired) electrons. The molecule has 0 fully saturated rings. The van der Waals surface area contributed by atoms with Gasteiger partial charge in [0.05, 0.1) is 37.6 Å². The molecule has 1 N–H and O–H groups in total. The molecular formula is C26H20N6O4S. The summed E-state index contributed by atoms with van der Waals surface area (Å²) in [6.07, 6.45) is 6.40. The van der Waals surface area contributed by atoms with Crippen LogP contribution >= 0.6 is 11.8 Å². The quantitative estimate of drug-likeness (QED) is 0.280. The fourth-order valence-electron chi connectivity index (χ4n) is 4.03. The summed E-state index contributed by atoms with van der Waals surface area (Å²) in [6, 6.07) is 15.1. The van der Waals surface area contributed by atoms with Gasteiger partial charge >= 0.3 is 0 Å². The maximum Gasteiger partial charge on any atom is 0.234 e. The molecule has 184 valence electrons. The Morgan fingerprint density at radius 2 is 2.00 bits per heavy atom. The van der Waals surface area contributed by atoms with Crippen LogP contribution < -0.4 is 10.1 Å². The Morgan fingerprint density at radius 3 is 2.81 bits per heavy atom. The number of aromatic nitrogens is 5. The van der Waals surface area contributed by atoms with E-state index in [0.717, 1.165) is 22.1 Å². The molecule has 0 saturated carbocycles. The molecule has 0 saturated heterocycles. The van der Waals surface area contributed by atoms with E-state index in [0.29, 0.717) is 40.2 Å². The summed E-state index contributed by atoms with van der Waals surface area (Å²) in [5.41, 5.74) is 2.53. The molecule has 0 aliphatic carbocycles. The fourth-order valence-corrected chi connectivity index (χ4v) is 4.77. The number of anilines is 1. The average Bonchev–Trinajstić information content (AvgIpc) is 3.67. The van der Waals surface area contributed by atoms with Gasteiger partial charge in [-0.15, -0.1) is 10.2 Å². The minimum atomic E-state index is -0.229. The number of para-hydroxylation sites is 1. The Hall–Kier alpha value is -4.64. The summed E-state index contributed by atoms with van der Waals surface area (Å²) >= 11 is 1.26. The molecule has 1 amide bonds. The first-order valence-corrected chi connectivity index (χ1v) is 12.3. The SMILES string of the molecule is COc1cc2c(cc1NC(=O)CSc1nnc(-c3cnccn3)n1Cc1ccco1)oc1ccccc12. The number of amides is 1. The summed E-state index contributed by atoms with van der Waals surface area (Å²) in [7, 11) is 1.57. The molecule has 4 heterocycles. The third kappa shape index (κ3) is 4.52. The second kappa shape index (κ2) is 9.78. The van der Waals surface area contributed by atoms with Crippen LogP contribution in [0.25, 0.3) is 33.5 Å². The number of ether oxygens (including phenoxy) is 1. The largest absolute Gasteiger partial charge is 0.495 e. The first-order chi connectivity index (χ1) is 18.2. The van der Waals surface area contributed by atoms with E-state index in [1.54, 1.807) is 38.0 Å². The number of nitrogens with zero attached hydrogens (tertiary/aromatic N) is 5. The topological polar surface area (TPSA) is 121 Å². The van der Waals surface area contributed by atoms with E-state index in [2.05, 4.69) is 25.5 Å². The lowest BCUT2D eigenvalue weighted by atomic mass is 10.1. The zero-order valence-corrected chi connectivity index (χ0v) is 20.4. The van der Waals surface area contributed by atoms with Crippen molar-refractivity contribution in [2.24, 2.45) is 0 Å². The van der Waals surface area contributed by atoms with E-state index in [1.807, 2.05) is 47.0 Å². The van der Waals surface area contributed by atoms with Crippen LogP contribution in [-0.2, 0) is 11.3 Å². The summed E-state index contributed by atoms with van der Waals surface area (Å²) in [5, 5.41) is 14.0. The average molecular weight is 513 g/mol. The molecule has 0 bridgehead atoms. The van der Waals surface area contributed by atoms with Crippen molar-refractivity contribution in [2.45, 2.75) is 11.7 Å². The smallest absolute Gasteiger partial charge is 0.234 e. The molecule has 6 aromatic rings. The second-order valence-electron chi connectivity index (χ2n) is 8.05. The van der Waals surface area contributed by atoms with Crippen LogP contribution in [0.2, 0.25) is 0 Å². The predicted octanol–water partition coefficient (Wildman–Crippen LogP) is 5.02. The monoisotopic (exact) mass is 512 g/mol. The standard InChI is InChI=1S/C26H20N6O4S/c1-34-23-11-18-17-6-2-3-7-21(17)36-22(18)12-19(23)29-24(33)15-37-26-31-30-25(20-13-27-8-9-28-20)32(26)14-16-5-4-10-35-16/h2-13H,14-15H2,1H3,(H,29,33). The van der Waals surface area contributed by atoms with E-state index in [1.165, 1.54) is 11.8 Å². The van der Waals surface area contributed by atoms with Crippen molar-refractivity contribution < 1.29 is 18.4 Å². The number of hydrogen-bond acceptors (Lipinski definition) is 9. The maximum absolute atomic E-state index is 13.0. The lowest BCUT2D eigenvalue weighted by Crippen LogP contribution is -2.15. The molecule has 0 aliphatic heterocycles. The van der Waals surface area contributed by atoms with Gasteiger partial charge in [-0.25, -0.2) is 4.98 Å². The summed E-state index contributed by atoms with van der Waals surface area (Å²) in [4.78, 5) is 21.4. The lowest BCUT2D eigenvalue weighted by Gasteiger charge is -2.11. The number of thioether (sulfide) groups is 1. The Balaban J connectivity index is 1.23. The predicted molar refractivity (Wildman–Crippen MR) is 138 cm³/mol. The number of carbonyl (C=O) groups is 1. The molecule has 0 aliphatic rings. The van der Waals surface area contributed by atoms with Gasteiger partial charge in [0.15, 0.2) is 11.0 Å². The highest BCUT2D eigenvalue weighted by Crippen LogP contribution is 2.36. The molecule has 10 nitrogen and oxygen atoms in total. The zero-order chi connectivity index (χ0) is 25.2. The van der Waals surface area contributed by atoms with Crippen molar-refractivity contribution in [3.05, 3.63) is 79.1 Å². The highest BCUT2D eigenvalue weighted by Gasteiger charge is 2.19. The van der Waals surface area contributed by atoms with Crippen LogP contribution in [0.5, 0.6) is 5.75 Å². The molecule has 0 unspecified atom stereocenters. The molecule has 4 aromatic heterocycles. The van der Waals surface area contributed by atoms with E-state index in [4.69, 9.17) is 13.6 Å². The van der Waals surface area contributed by atoms with Crippen LogP contribution in [0, 0.1) is 0 Å². The number of nitrogens with one attached hydrogen (secondary N) is 1. The Kier molecular flexibility index (Phi) is 6.03. The van der Waals surface area contributed by atoms with Gasteiger partial charge < -0.3 is 18.9 Å². The van der Waals surface area contributed by atoms with Crippen LogP contribution in [0.15, 0.2) is 87.4 Å². The van der Waals surface area contributed by atoms with Crippen molar-refractivity contribution in [1.82, 2.24) is 24.7 Å². The number of furan rings is 2. The Bertz CT molecular complexity index is 1700. The minimum Gasteiger partial charge on any atom is -0.495 e. The Labute approximate surface area is 214 Å². The highest BCUT2D eigenvalue weighted by molar-refractivity contribution is 7.99. The second-order valence-corrected chi connectivity index (χ2v) is 8.99. The summed E-state index contributed by atoms with van der Waals surface area (Å²) in [6.45, 7) is 0.381. The van der Waals surface area contributed by atoms with Crippen LogP contribution in [-0.4, -0.2) is 43.5 Å². The van der Waals surface area contributed by atoms with Crippen molar-refractivity contribution in [3.8, 4) is 17.3 Å².